The summed E-state index contributed by atoms with van der Waals surface area (Å²) in [6.07, 6.45) is 1.94. The molecule has 5 rings (SSSR count). The summed E-state index contributed by atoms with van der Waals surface area (Å²) >= 11 is 1.45. The summed E-state index contributed by atoms with van der Waals surface area (Å²) < 4.78 is 41.1. The fraction of sp³-hybridized carbons (Fsp3) is 0.381. The second-order valence-corrected chi connectivity index (χ2v) is 8.92. The number of carbonyl (C=O) groups excluding carboxylic acids is 1. The molecule has 6 nitrogen and oxygen atoms in total. The summed E-state index contributed by atoms with van der Waals surface area (Å²) in [7, 11) is 0. The molecule has 1 aliphatic heterocycles. The van der Waals surface area contributed by atoms with Crippen LogP contribution in [0.3, 0.4) is 0 Å². The molecular weight excluding hydrogens is 427 g/mol. The predicted octanol–water partition coefficient (Wildman–Crippen LogP) is 4.47. The summed E-state index contributed by atoms with van der Waals surface area (Å²) in [5.74, 6) is 0.286. The highest BCUT2D eigenvalue weighted by Gasteiger charge is 2.40. The average Bonchev–Trinajstić information content (AvgIpc) is 3.39. The van der Waals surface area contributed by atoms with Crippen LogP contribution in [0.2, 0.25) is 0 Å². The Balaban J connectivity index is 1.63. The lowest BCUT2D eigenvalue weighted by Gasteiger charge is -2.24. The first-order chi connectivity index (χ1) is 14.7. The van der Waals surface area contributed by atoms with Gasteiger partial charge >= 0.3 is 6.18 Å². The molecule has 2 aliphatic rings. The van der Waals surface area contributed by atoms with Crippen molar-refractivity contribution < 1.29 is 18.0 Å². The van der Waals surface area contributed by atoms with E-state index in [0.29, 0.717) is 29.3 Å². The normalized spacial score (nSPS) is 17.5. The van der Waals surface area contributed by atoms with Crippen molar-refractivity contribution in [1.82, 2.24) is 19.3 Å². The molecule has 1 saturated carbocycles. The van der Waals surface area contributed by atoms with Gasteiger partial charge < -0.3 is 10.6 Å². The van der Waals surface area contributed by atoms with Crippen LogP contribution in [0.4, 0.5) is 19.0 Å². The molecule has 3 aromatic rings. The van der Waals surface area contributed by atoms with Crippen LogP contribution in [0.15, 0.2) is 29.4 Å². The van der Waals surface area contributed by atoms with Crippen LogP contribution in [-0.4, -0.2) is 37.5 Å². The highest BCUT2D eigenvalue weighted by molar-refractivity contribution is 7.98. The van der Waals surface area contributed by atoms with Crippen molar-refractivity contribution in [2.45, 2.75) is 43.4 Å². The molecule has 2 N–H and O–H groups in total. The van der Waals surface area contributed by atoms with Crippen LogP contribution in [0, 0.1) is 5.92 Å². The van der Waals surface area contributed by atoms with E-state index in [1.807, 2.05) is 23.3 Å². The van der Waals surface area contributed by atoms with E-state index in [1.165, 1.54) is 22.4 Å². The fourth-order valence-corrected chi connectivity index (χ4v) is 4.94. The van der Waals surface area contributed by atoms with Crippen LogP contribution in [-0.2, 0) is 12.7 Å². The molecule has 0 unspecified atom stereocenters. The zero-order chi connectivity index (χ0) is 22.1. The molecule has 3 heterocycles. The number of imidazole rings is 1. The minimum absolute atomic E-state index is 0.0243. The molecule has 1 aliphatic carbocycles. The maximum absolute atomic E-state index is 13.3. The molecule has 10 heteroatoms. The Morgan fingerprint density at radius 1 is 1.29 bits per heavy atom. The van der Waals surface area contributed by atoms with Gasteiger partial charge in [0, 0.05) is 29.2 Å². The number of halogens is 3. The van der Waals surface area contributed by atoms with Crippen LogP contribution >= 0.6 is 11.8 Å². The summed E-state index contributed by atoms with van der Waals surface area (Å²) in [5.41, 5.74) is 7.55. The number of alkyl halides is 3. The molecule has 0 bridgehead atoms. The van der Waals surface area contributed by atoms with E-state index in [2.05, 4.69) is 16.9 Å². The Bertz CT molecular complexity index is 1220. The number of nitrogens with zero attached hydrogens (tertiary/aromatic N) is 4. The number of nitrogen functional groups attached to an aromatic ring is 1. The van der Waals surface area contributed by atoms with Gasteiger partial charge in [0.1, 0.15) is 0 Å². The predicted molar refractivity (Wildman–Crippen MR) is 112 cm³/mol. The van der Waals surface area contributed by atoms with Gasteiger partial charge in [-0.25, -0.2) is 9.97 Å². The first-order valence-corrected chi connectivity index (χ1v) is 11.1. The summed E-state index contributed by atoms with van der Waals surface area (Å²) in [5, 5.41) is 0. The van der Waals surface area contributed by atoms with Gasteiger partial charge in [-0.1, -0.05) is 0 Å². The summed E-state index contributed by atoms with van der Waals surface area (Å²) in [6, 6.07) is 3.88. The summed E-state index contributed by atoms with van der Waals surface area (Å²) in [6.45, 7) is 2.58. The molecular formula is C21H20F3N5OS. The monoisotopic (exact) mass is 447 g/mol. The molecule has 162 valence electrons. The van der Waals surface area contributed by atoms with Gasteiger partial charge in [0.15, 0.2) is 17.2 Å². The third-order valence-electron chi connectivity index (χ3n) is 6.12. The van der Waals surface area contributed by atoms with E-state index >= 15 is 0 Å². The molecule has 31 heavy (non-hydrogen) atoms. The van der Waals surface area contributed by atoms with Gasteiger partial charge in [0.05, 0.1) is 17.5 Å². The zero-order valence-corrected chi connectivity index (χ0v) is 17.7. The molecule has 0 radical (unpaired) electrons. The molecule has 1 aromatic carbocycles. The van der Waals surface area contributed by atoms with Crippen LogP contribution in [0.1, 0.15) is 41.4 Å². The van der Waals surface area contributed by atoms with E-state index < -0.39 is 11.9 Å². The quantitative estimate of drug-likeness (QED) is 0.597. The van der Waals surface area contributed by atoms with Crippen molar-refractivity contribution >= 4 is 29.1 Å². The molecule has 2 aromatic heterocycles. The third-order valence-corrected chi connectivity index (χ3v) is 6.88. The van der Waals surface area contributed by atoms with Crippen LogP contribution in [0.5, 0.6) is 0 Å². The van der Waals surface area contributed by atoms with Crippen molar-refractivity contribution in [3.8, 4) is 11.3 Å². The first-order valence-electron chi connectivity index (χ1n) is 9.92. The van der Waals surface area contributed by atoms with E-state index in [0.717, 1.165) is 29.5 Å². The van der Waals surface area contributed by atoms with Gasteiger partial charge in [-0.15, -0.1) is 11.8 Å². The van der Waals surface area contributed by atoms with E-state index in [9.17, 15) is 18.0 Å². The van der Waals surface area contributed by atoms with Crippen molar-refractivity contribution in [2.24, 2.45) is 5.92 Å². The van der Waals surface area contributed by atoms with Gasteiger partial charge in [0.25, 0.3) is 5.91 Å². The lowest BCUT2D eigenvalue weighted by molar-refractivity contribution is -0.141. The Morgan fingerprint density at radius 2 is 2.03 bits per heavy atom. The molecule has 0 spiro atoms. The number of thioether (sulfide) groups is 1. The standard InChI is InChI=1S/C21H20F3N5OS/c1-10(11-3-4-11)28-8-13-5-12(6-15(31-2)17(13)20(28)30)14-7-26-19-18(25)27-16(9-29(14)19)21(22,23)24/h5-7,9-11H,3-4,8H2,1-2H3,(H2,25,27)/t10-/m0/s1. The number of fused-ring (bicyclic) bond motifs is 2. The van der Waals surface area contributed by atoms with Crippen LogP contribution in [0.25, 0.3) is 16.9 Å². The van der Waals surface area contributed by atoms with E-state index in [1.54, 1.807) is 0 Å². The topological polar surface area (TPSA) is 76.5 Å². The SMILES string of the molecule is CSc1cc(-c2cnc3c(N)nc(C(F)(F)F)cn23)cc2c1C(=O)N([C@@H](C)C1CC1)C2. The molecule has 1 fully saturated rings. The second kappa shape index (κ2) is 6.88. The number of nitrogens with two attached hydrogens (primary N) is 1. The van der Waals surface area contributed by atoms with Crippen molar-refractivity contribution in [2.75, 3.05) is 12.0 Å². The van der Waals surface area contributed by atoms with E-state index in [-0.39, 0.29) is 23.4 Å². The number of aromatic nitrogens is 3. The number of rotatable bonds is 4. The summed E-state index contributed by atoms with van der Waals surface area (Å²) in [4.78, 5) is 23.4. The Kier molecular flexibility index (Phi) is 4.47. The largest absolute Gasteiger partial charge is 0.434 e. The number of amides is 1. The van der Waals surface area contributed by atoms with Gasteiger partial charge in [-0.2, -0.15) is 13.2 Å². The van der Waals surface area contributed by atoms with Gasteiger partial charge in [0.2, 0.25) is 0 Å². The Labute approximate surface area is 180 Å². The third kappa shape index (κ3) is 3.24. The second-order valence-electron chi connectivity index (χ2n) is 8.07. The Hall–Kier alpha value is -2.75. The highest BCUT2D eigenvalue weighted by atomic mass is 32.2. The van der Waals surface area contributed by atoms with Crippen LogP contribution < -0.4 is 5.73 Å². The number of hydrogen-bond donors (Lipinski definition) is 1. The van der Waals surface area contributed by atoms with Crippen molar-refractivity contribution in [1.29, 1.82) is 0 Å². The van der Waals surface area contributed by atoms with Crippen molar-refractivity contribution in [3.63, 3.8) is 0 Å². The number of hydrogen-bond acceptors (Lipinski definition) is 5. The average molecular weight is 447 g/mol. The minimum atomic E-state index is -4.63. The molecule has 0 saturated heterocycles. The lowest BCUT2D eigenvalue weighted by atomic mass is 10.0. The van der Waals surface area contributed by atoms with Gasteiger partial charge in [-0.05, 0) is 49.6 Å². The maximum atomic E-state index is 13.3. The van der Waals surface area contributed by atoms with Crippen molar-refractivity contribution in [3.05, 3.63) is 41.3 Å². The smallest absolute Gasteiger partial charge is 0.381 e. The fourth-order valence-electron chi connectivity index (χ4n) is 4.27. The first kappa shape index (κ1) is 20.2. The number of anilines is 1. The Morgan fingerprint density at radius 3 is 2.68 bits per heavy atom. The molecule has 1 amide bonds. The van der Waals surface area contributed by atoms with Gasteiger partial charge in [-0.3, -0.25) is 9.20 Å². The zero-order valence-electron chi connectivity index (χ0n) is 16.9. The van der Waals surface area contributed by atoms with E-state index in [4.69, 9.17) is 5.73 Å². The lowest BCUT2D eigenvalue weighted by Crippen LogP contribution is -2.34. The maximum Gasteiger partial charge on any atom is 0.434 e. The minimum Gasteiger partial charge on any atom is -0.381 e. The highest BCUT2D eigenvalue weighted by Crippen LogP contribution is 2.41. The number of benzene rings is 1. The number of carbonyl (C=O) groups is 1. The molecule has 1 atom stereocenters.